The monoisotopic (exact) mass is 413 g/mol. The van der Waals surface area contributed by atoms with Crippen molar-refractivity contribution in [1.82, 2.24) is 9.55 Å². The van der Waals surface area contributed by atoms with Crippen LogP contribution in [0, 0.1) is 13.8 Å². The van der Waals surface area contributed by atoms with Crippen LogP contribution in [0.3, 0.4) is 0 Å². The highest BCUT2D eigenvalue weighted by molar-refractivity contribution is 6.31. The molecule has 1 aromatic heterocycles. The molecule has 1 N–H and O–H groups in total. The Morgan fingerprint density at radius 1 is 1.03 bits per heavy atom. The van der Waals surface area contributed by atoms with E-state index in [9.17, 15) is 4.79 Å². The largest absolute Gasteiger partial charge is 0.322 e. The van der Waals surface area contributed by atoms with E-state index in [2.05, 4.69) is 28.5 Å². The van der Waals surface area contributed by atoms with Crippen LogP contribution in [0.2, 0.25) is 5.02 Å². The molecule has 0 radical (unpaired) electrons. The van der Waals surface area contributed by atoms with Crippen LogP contribution in [-0.2, 0) is 6.42 Å². The van der Waals surface area contributed by atoms with E-state index in [4.69, 9.17) is 11.6 Å². The van der Waals surface area contributed by atoms with Gasteiger partial charge in [-0.05, 0) is 66.8 Å². The van der Waals surface area contributed by atoms with Gasteiger partial charge in [-0.25, -0.2) is 4.98 Å². The van der Waals surface area contributed by atoms with Gasteiger partial charge >= 0.3 is 0 Å². The van der Waals surface area contributed by atoms with Crippen molar-refractivity contribution in [2.45, 2.75) is 20.3 Å². The number of hydrogen-bond acceptors (Lipinski definition) is 2. The first kappa shape index (κ1) is 18.6. The zero-order chi connectivity index (χ0) is 20.8. The van der Waals surface area contributed by atoms with E-state index in [1.54, 1.807) is 12.4 Å². The first-order valence-corrected chi connectivity index (χ1v) is 10.2. The maximum Gasteiger partial charge on any atom is 0.255 e. The summed E-state index contributed by atoms with van der Waals surface area (Å²) >= 11 is 6.36. The molecule has 0 saturated heterocycles. The average molecular weight is 414 g/mol. The number of fused-ring (bicyclic) bond motifs is 3. The number of aryl methyl sites for hydroxylation is 1. The van der Waals surface area contributed by atoms with Gasteiger partial charge in [0.1, 0.15) is 0 Å². The third-order valence-electron chi connectivity index (χ3n) is 5.77. The topological polar surface area (TPSA) is 46.9 Å². The van der Waals surface area contributed by atoms with Crippen LogP contribution in [-0.4, -0.2) is 15.5 Å². The molecule has 0 fully saturated rings. The fourth-order valence-corrected chi connectivity index (χ4v) is 4.34. The minimum atomic E-state index is -0.133. The normalized spacial score (nSPS) is 11.8. The summed E-state index contributed by atoms with van der Waals surface area (Å²) in [7, 11) is 0. The summed E-state index contributed by atoms with van der Waals surface area (Å²) in [5, 5.41) is 3.59. The molecule has 4 nitrogen and oxygen atoms in total. The highest BCUT2D eigenvalue weighted by atomic mass is 35.5. The summed E-state index contributed by atoms with van der Waals surface area (Å²) in [5.41, 5.74) is 8.87. The number of nitrogens with zero attached hydrogens (tertiary/aromatic N) is 2. The number of anilines is 1. The van der Waals surface area contributed by atoms with Gasteiger partial charge in [-0.15, -0.1) is 0 Å². The van der Waals surface area contributed by atoms with Crippen LogP contribution in [0.5, 0.6) is 0 Å². The van der Waals surface area contributed by atoms with Crippen molar-refractivity contribution >= 4 is 23.2 Å². The number of amides is 1. The van der Waals surface area contributed by atoms with Crippen LogP contribution in [0.1, 0.15) is 32.9 Å². The SMILES string of the molecule is Cc1ncn(-c2cc(Cl)cc(NC(=O)c3cccc4c3Cc3ccccc3-4)c2)c1C. The molecular formula is C25H20ClN3O. The van der Waals surface area contributed by atoms with E-state index in [1.807, 2.05) is 54.8 Å². The van der Waals surface area contributed by atoms with Crippen molar-refractivity contribution in [2.75, 3.05) is 5.32 Å². The van der Waals surface area contributed by atoms with Crippen molar-refractivity contribution in [3.8, 4) is 16.8 Å². The van der Waals surface area contributed by atoms with Crippen molar-refractivity contribution in [1.29, 1.82) is 0 Å². The molecule has 5 rings (SSSR count). The first-order chi connectivity index (χ1) is 14.5. The molecule has 30 heavy (non-hydrogen) atoms. The third-order valence-corrected chi connectivity index (χ3v) is 5.98. The van der Waals surface area contributed by atoms with Gasteiger partial charge in [-0.2, -0.15) is 0 Å². The molecule has 1 aliphatic carbocycles. The number of carbonyl (C=O) groups is 1. The van der Waals surface area contributed by atoms with E-state index < -0.39 is 0 Å². The van der Waals surface area contributed by atoms with Gasteiger partial charge in [0.25, 0.3) is 5.91 Å². The second-order valence-corrected chi connectivity index (χ2v) is 8.04. The molecule has 1 aliphatic rings. The quantitative estimate of drug-likeness (QED) is 0.396. The zero-order valence-electron chi connectivity index (χ0n) is 16.7. The fourth-order valence-electron chi connectivity index (χ4n) is 4.11. The number of rotatable bonds is 3. The van der Waals surface area contributed by atoms with Crippen LogP contribution >= 0.6 is 11.6 Å². The Morgan fingerprint density at radius 3 is 2.63 bits per heavy atom. The maximum absolute atomic E-state index is 13.2. The molecule has 0 spiro atoms. The molecule has 0 aliphatic heterocycles. The number of halogens is 1. The van der Waals surface area contributed by atoms with Crippen LogP contribution in [0.4, 0.5) is 5.69 Å². The Hall–Kier alpha value is -3.37. The molecule has 148 valence electrons. The van der Waals surface area contributed by atoms with E-state index in [0.29, 0.717) is 16.3 Å². The van der Waals surface area contributed by atoms with Gasteiger partial charge < -0.3 is 9.88 Å². The summed E-state index contributed by atoms with van der Waals surface area (Å²) in [6, 6.07) is 19.8. The van der Waals surface area contributed by atoms with Gasteiger partial charge in [0, 0.05) is 22.0 Å². The summed E-state index contributed by atoms with van der Waals surface area (Å²) in [5.74, 6) is -0.133. The van der Waals surface area contributed by atoms with Crippen LogP contribution in [0.25, 0.3) is 16.8 Å². The number of carbonyl (C=O) groups excluding carboxylic acids is 1. The Labute approximate surface area is 180 Å². The number of benzene rings is 3. The minimum absolute atomic E-state index is 0.133. The number of hydrogen-bond donors (Lipinski definition) is 1. The lowest BCUT2D eigenvalue weighted by molar-refractivity contribution is 0.102. The number of imidazole rings is 1. The standard InChI is InChI=1S/C25H20ClN3O/c1-15-16(2)29(14-27-15)20-12-18(26)11-19(13-20)28-25(30)23-9-5-8-22-21-7-4-3-6-17(21)10-24(22)23/h3-9,11-14H,10H2,1-2H3,(H,28,30). The minimum Gasteiger partial charge on any atom is -0.322 e. The first-order valence-electron chi connectivity index (χ1n) is 9.84. The van der Waals surface area contributed by atoms with Crippen LogP contribution in [0.15, 0.2) is 67.0 Å². The predicted molar refractivity (Wildman–Crippen MR) is 121 cm³/mol. The Morgan fingerprint density at radius 2 is 1.83 bits per heavy atom. The van der Waals surface area contributed by atoms with Gasteiger partial charge in [0.05, 0.1) is 17.7 Å². The second-order valence-electron chi connectivity index (χ2n) is 7.60. The van der Waals surface area contributed by atoms with Gasteiger partial charge in [0.15, 0.2) is 0 Å². The molecular weight excluding hydrogens is 394 g/mol. The Bertz CT molecular complexity index is 1310. The van der Waals surface area contributed by atoms with Gasteiger partial charge in [-0.3, -0.25) is 4.79 Å². The predicted octanol–water partition coefficient (Wildman–Crippen LogP) is 5.97. The molecule has 0 atom stereocenters. The maximum atomic E-state index is 13.2. The Kier molecular flexibility index (Phi) is 4.44. The molecule has 0 unspecified atom stereocenters. The zero-order valence-corrected chi connectivity index (χ0v) is 17.5. The third kappa shape index (κ3) is 3.10. The molecule has 5 heteroatoms. The second kappa shape index (κ2) is 7.15. The fraction of sp³-hybridized carbons (Fsp3) is 0.120. The summed E-state index contributed by atoms with van der Waals surface area (Å²) < 4.78 is 1.97. The van der Waals surface area contributed by atoms with Crippen LogP contribution < -0.4 is 5.32 Å². The van der Waals surface area contributed by atoms with E-state index in [-0.39, 0.29) is 5.91 Å². The lowest BCUT2D eigenvalue weighted by Crippen LogP contribution is -2.14. The smallest absolute Gasteiger partial charge is 0.255 e. The lowest BCUT2D eigenvalue weighted by Gasteiger charge is -2.12. The molecule has 3 aromatic carbocycles. The van der Waals surface area contributed by atoms with Crippen molar-refractivity contribution in [3.63, 3.8) is 0 Å². The van der Waals surface area contributed by atoms with Gasteiger partial charge in [-0.1, -0.05) is 48.0 Å². The van der Waals surface area contributed by atoms with E-state index in [1.165, 1.54) is 11.1 Å². The number of aromatic nitrogens is 2. The summed E-state index contributed by atoms with van der Waals surface area (Å²) in [4.78, 5) is 17.5. The van der Waals surface area contributed by atoms with Gasteiger partial charge in [0.2, 0.25) is 0 Å². The van der Waals surface area contributed by atoms with E-state index >= 15 is 0 Å². The lowest BCUT2D eigenvalue weighted by atomic mass is 10.0. The highest BCUT2D eigenvalue weighted by Gasteiger charge is 2.23. The molecule has 4 aromatic rings. The van der Waals surface area contributed by atoms with Crippen molar-refractivity contribution in [3.05, 3.63) is 100 Å². The molecule has 0 saturated carbocycles. The molecule has 0 bridgehead atoms. The number of nitrogens with one attached hydrogen (secondary N) is 1. The van der Waals surface area contributed by atoms with Crippen molar-refractivity contribution < 1.29 is 4.79 Å². The summed E-state index contributed by atoms with van der Waals surface area (Å²) in [6.45, 7) is 3.97. The average Bonchev–Trinajstić information content (AvgIpc) is 3.27. The molecule has 1 amide bonds. The van der Waals surface area contributed by atoms with Crippen molar-refractivity contribution in [2.24, 2.45) is 0 Å². The van der Waals surface area contributed by atoms with E-state index in [0.717, 1.165) is 34.6 Å². The summed E-state index contributed by atoms with van der Waals surface area (Å²) in [6.07, 6.45) is 2.53. The molecule has 1 heterocycles. The highest BCUT2D eigenvalue weighted by Crippen LogP contribution is 2.38. The Balaban J connectivity index is 1.48.